The van der Waals surface area contributed by atoms with Crippen LogP contribution in [-0.2, 0) is 4.79 Å². The second-order valence-electron chi connectivity index (χ2n) is 6.57. The van der Waals surface area contributed by atoms with Crippen LogP contribution in [0.3, 0.4) is 0 Å². The lowest BCUT2D eigenvalue weighted by atomic mass is 9.78. The van der Waals surface area contributed by atoms with Crippen LogP contribution in [0.25, 0.3) is 10.9 Å². The Balaban J connectivity index is 1.63. The minimum Gasteiger partial charge on any atom is -0.467 e. The first-order valence-electron chi connectivity index (χ1n) is 8.37. The Morgan fingerprint density at radius 1 is 1.33 bits per heavy atom. The first kappa shape index (κ1) is 17.1. The number of hydrogen-bond acceptors (Lipinski definition) is 4. The molecular formula is C18H22BrN3O2. The van der Waals surface area contributed by atoms with Crippen molar-refractivity contribution < 1.29 is 9.53 Å². The van der Waals surface area contributed by atoms with Gasteiger partial charge >= 0.3 is 0 Å². The molecule has 1 aromatic heterocycles. The summed E-state index contributed by atoms with van der Waals surface area (Å²) in [5.74, 6) is 1.48. The van der Waals surface area contributed by atoms with Gasteiger partial charge in [-0.2, -0.15) is 0 Å². The molecule has 1 N–H and O–H groups in total. The zero-order valence-corrected chi connectivity index (χ0v) is 15.5. The number of halogens is 1. The number of aromatic nitrogens is 2. The van der Waals surface area contributed by atoms with Crippen molar-refractivity contribution in [3.05, 3.63) is 29.0 Å². The zero-order chi connectivity index (χ0) is 17.1. The largest absolute Gasteiger partial charge is 0.467 e. The van der Waals surface area contributed by atoms with Crippen LogP contribution in [-0.4, -0.2) is 28.5 Å². The van der Waals surface area contributed by atoms with Gasteiger partial charge in [0.15, 0.2) is 6.61 Å². The number of hydrogen-bond donors (Lipinski definition) is 1. The Kier molecular flexibility index (Phi) is 5.33. The van der Waals surface area contributed by atoms with Crippen LogP contribution in [0, 0.1) is 11.8 Å². The Morgan fingerprint density at radius 2 is 2.17 bits per heavy atom. The van der Waals surface area contributed by atoms with Crippen LogP contribution in [0.5, 0.6) is 5.88 Å². The molecule has 0 unspecified atom stereocenters. The van der Waals surface area contributed by atoms with Gasteiger partial charge in [0.25, 0.3) is 5.91 Å². The van der Waals surface area contributed by atoms with Crippen LogP contribution < -0.4 is 10.1 Å². The normalized spacial score (nSPS) is 23.9. The Morgan fingerprint density at radius 3 is 3.00 bits per heavy atom. The highest BCUT2D eigenvalue weighted by atomic mass is 79.9. The zero-order valence-electron chi connectivity index (χ0n) is 14.0. The lowest BCUT2D eigenvalue weighted by Gasteiger charge is -2.34. The van der Waals surface area contributed by atoms with Crippen molar-refractivity contribution in [1.29, 1.82) is 0 Å². The first-order valence-corrected chi connectivity index (χ1v) is 9.16. The number of carbonyl (C=O) groups is 1. The van der Waals surface area contributed by atoms with E-state index in [0.29, 0.717) is 17.7 Å². The molecule has 0 radical (unpaired) electrons. The minimum absolute atomic E-state index is 0.0315. The minimum atomic E-state index is -0.0947. The maximum Gasteiger partial charge on any atom is 0.258 e. The molecule has 1 aliphatic carbocycles. The molecule has 1 amide bonds. The van der Waals surface area contributed by atoms with Crippen LogP contribution in [0.2, 0.25) is 0 Å². The second-order valence-corrected chi connectivity index (χ2v) is 7.49. The highest BCUT2D eigenvalue weighted by molar-refractivity contribution is 9.10. The van der Waals surface area contributed by atoms with E-state index in [4.69, 9.17) is 4.74 Å². The van der Waals surface area contributed by atoms with Gasteiger partial charge in [-0.15, -0.1) is 0 Å². The van der Waals surface area contributed by atoms with Crippen LogP contribution in [0.4, 0.5) is 0 Å². The predicted molar refractivity (Wildman–Crippen MR) is 96.8 cm³/mol. The fourth-order valence-electron chi connectivity index (χ4n) is 3.29. The summed E-state index contributed by atoms with van der Waals surface area (Å²) in [6, 6.07) is 5.94. The van der Waals surface area contributed by atoms with Gasteiger partial charge in [0.2, 0.25) is 5.88 Å². The molecule has 24 heavy (non-hydrogen) atoms. The summed E-state index contributed by atoms with van der Waals surface area (Å²) in [4.78, 5) is 20.6. The van der Waals surface area contributed by atoms with Gasteiger partial charge in [-0.1, -0.05) is 42.6 Å². The van der Waals surface area contributed by atoms with Gasteiger partial charge < -0.3 is 10.1 Å². The van der Waals surface area contributed by atoms with Crippen molar-refractivity contribution in [3.8, 4) is 5.88 Å². The summed E-state index contributed by atoms with van der Waals surface area (Å²) in [6.45, 7) is 4.44. The van der Waals surface area contributed by atoms with E-state index in [1.165, 1.54) is 19.2 Å². The molecular weight excluding hydrogens is 370 g/mol. The molecule has 1 heterocycles. The van der Waals surface area contributed by atoms with Crippen molar-refractivity contribution in [2.75, 3.05) is 6.61 Å². The molecule has 0 saturated heterocycles. The van der Waals surface area contributed by atoms with E-state index in [-0.39, 0.29) is 18.6 Å². The van der Waals surface area contributed by atoms with Gasteiger partial charge in [0.05, 0.1) is 10.9 Å². The lowest BCUT2D eigenvalue weighted by Crippen LogP contribution is -2.45. The van der Waals surface area contributed by atoms with E-state index in [9.17, 15) is 4.79 Å². The molecule has 0 spiro atoms. The smallest absolute Gasteiger partial charge is 0.258 e. The molecule has 2 aromatic rings. The number of carbonyl (C=O) groups excluding carboxylic acids is 1. The van der Waals surface area contributed by atoms with Crippen molar-refractivity contribution >= 4 is 32.7 Å². The maximum atomic E-state index is 12.3. The van der Waals surface area contributed by atoms with E-state index in [2.05, 4.69) is 45.1 Å². The van der Waals surface area contributed by atoms with Crippen LogP contribution >= 0.6 is 15.9 Å². The average Bonchev–Trinajstić information content (AvgIpc) is 2.57. The molecule has 3 atom stereocenters. The SMILES string of the molecule is C[C@H]1[C@@H](NC(=O)COc2ncnc3ccc(Br)cc23)CCC[C@@H]1C. The standard InChI is InChI=1S/C18H22BrN3O2/c1-11-4-3-5-15(12(11)2)22-17(23)9-24-18-14-8-13(19)6-7-16(14)20-10-21-18/h6-8,10-12,15H,3-5,9H2,1-2H3,(H,22,23)/t11-,12+,15-/m0/s1. The molecule has 1 fully saturated rings. The Hall–Kier alpha value is -1.69. The number of ether oxygens (including phenoxy) is 1. The third-order valence-corrected chi connectivity index (χ3v) is 5.45. The highest BCUT2D eigenvalue weighted by Crippen LogP contribution is 2.29. The molecule has 1 saturated carbocycles. The van der Waals surface area contributed by atoms with Crippen molar-refractivity contribution in [2.45, 2.75) is 39.2 Å². The summed E-state index contributed by atoms with van der Waals surface area (Å²) in [5, 5.41) is 3.90. The third-order valence-electron chi connectivity index (χ3n) is 4.95. The van der Waals surface area contributed by atoms with Gasteiger partial charge in [-0.3, -0.25) is 4.79 Å². The molecule has 3 rings (SSSR count). The van der Waals surface area contributed by atoms with Gasteiger partial charge in [-0.25, -0.2) is 9.97 Å². The third kappa shape index (κ3) is 3.86. The van der Waals surface area contributed by atoms with Crippen molar-refractivity contribution in [1.82, 2.24) is 15.3 Å². The maximum absolute atomic E-state index is 12.3. The summed E-state index contributed by atoms with van der Waals surface area (Å²) < 4.78 is 6.58. The molecule has 5 nitrogen and oxygen atoms in total. The number of fused-ring (bicyclic) bond motifs is 1. The van der Waals surface area contributed by atoms with E-state index >= 15 is 0 Å². The van der Waals surface area contributed by atoms with E-state index < -0.39 is 0 Å². The number of nitrogens with zero attached hydrogens (tertiary/aromatic N) is 2. The van der Waals surface area contributed by atoms with E-state index in [0.717, 1.165) is 21.8 Å². The van der Waals surface area contributed by atoms with Gasteiger partial charge in [0.1, 0.15) is 6.33 Å². The van der Waals surface area contributed by atoms with E-state index in [1.807, 2.05) is 18.2 Å². The monoisotopic (exact) mass is 391 g/mol. The number of benzene rings is 1. The topological polar surface area (TPSA) is 64.1 Å². The van der Waals surface area contributed by atoms with Crippen LogP contribution in [0.1, 0.15) is 33.1 Å². The summed E-state index contributed by atoms with van der Waals surface area (Å²) in [6.07, 6.45) is 4.91. The molecule has 1 aliphatic rings. The fraction of sp³-hybridized carbons (Fsp3) is 0.500. The number of amides is 1. The summed E-state index contributed by atoms with van der Waals surface area (Å²) in [7, 11) is 0. The highest BCUT2D eigenvalue weighted by Gasteiger charge is 2.28. The van der Waals surface area contributed by atoms with Gasteiger partial charge in [0, 0.05) is 10.5 Å². The first-order chi connectivity index (χ1) is 11.5. The number of rotatable bonds is 4. The van der Waals surface area contributed by atoms with E-state index in [1.54, 1.807) is 0 Å². The Labute approximate surface area is 150 Å². The van der Waals surface area contributed by atoms with Crippen molar-refractivity contribution in [3.63, 3.8) is 0 Å². The van der Waals surface area contributed by atoms with Gasteiger partial charge in [-0.05, 0) is 36.5 Å². The lowest BCUT2D eigenvalue weighted by molar-refractivity contribution is -0.124. The van der Waals surface area contributed by atoms with Crippen molar-refractivity contribution in [2.24, 2.45) is 11.8 Å². The predicted octanol–water partition coefficient (Wildman–Crippen LogP) is 3.71. The Bertz CT molecular complexity index is 737. The molecule has 0 bridgehead atoms. The molecule has 128 valence electrons. The molecule has 0 aliphatic heterocycles. The van der Waals surface area contributed by atoms with Crippen LogP contribution in [0.15, 0.2) is 29.0 Å². The summed E-state index contributed by atoms with van der Waals surface area (Å²) in [5.41, 5.74) is 0.790. The summed E-state index contributed by atoms with van der Waals surface area (Å²) >= 11 is 3.43. The average molecular weight is 392 g/mol. The fourth-order valence-corrected chi connectivity index (χ4v) is 3.65. The molecule has 6 heteroatoms. The molecule has 1 aromatic carbocycles. The quantitative estimate of drug-likeness (QED) is 0.862. The number of nitrogens with one attached hydrogen (secondary N) is 1. The second kappa shape index (κ2) is 7.47.